The summed E-state index contributed by atoms with van der Waals surface area (Å²) in [5, 5.41) is 28.4. The van der Waals surface area contributed by atoms with Crippen LogP contribution in [-0.2, 0) is 0 Å². The summed E-state index contributed by atoms with van der Waals surface area (Å²) in [6, 6.07) is 9.52. The van der Waals surface area contributed by atoms with Crippen molar-refractivity contribution >= 4 is 34.9 Å². The lowest BCUT2D eigenvalue weighted by atomic mass is 10.2. The number of benzene rings is 2. The first-order valence-corrected chi connectivity index (χ1v) is 6.68. The van der Waals surface area contributed by atoms with Crippen LogP contribution < -0.4 is 15.8 Å². The zero-order valence-electron chi connectivity index (χ0n) is 11.5. The highest BCUT2D eigenvalue weighted by Crippen LogP contribution is 2.22. The van der Waals surface area contributed by atoms with Gasteiger partial charge in [0.25, 0.3) is 5.69 Å². The molecule has 0 heterocycles. The highest BCUT2D eigenvalue weighted by molar-refractivity contribution is 7.80. The molecular weight excluding hydrogens is 323 g/mol. The van der Waals surface area contributed by atoms with Crippen molar-refractivity contribution in [3.05, 3.63) is 64.0 Å². The second-order valence-corrected chi connectivity index (χ2v) is 4.70. The number of nitro benzene ring substituents is 1. The topological polar surface area (TPSA) is 103 Å². The number of thiocarbonyl (C=S) groups is 1. The number of anilines is 1. The maximum atomic E-state index is 13.4. The normalized spacial score (nSPS) is 10.5. The van der Waals surface area contributed by atoms with E-state index in [9.17, 15) is 19.6 Å². The van der Waals surface area contributed by atoms with E-state index in [4.69, 9.17) is 12.2 Å². The molecule has 0 saturated carbocycles. The first-order valence-electron chi connectivity index (χ1n) is 6.27. The van der Waals surface area contributed by atoms with Crippen LogP contribution >= 0.6 is 12.2 Å². The van der Waals surface area contributed by atoms with Gasteiger partial charge < -0.3 is 10.4 Å². The maximum Gasteiger partial charge on any atom is 0.262 e. The Balaban J connectivity index is 1.99. The Morgan fingerprint density at radius 1 is 1.30 bits per heavy atom. The summed E-state index contributed by atoms with van der Waals surface area (Å²) in [5.41, 5.74) is 2.44. The molecule has 0 aliphatic carbocycles. The molecule has 0 spiro atoms. The van der Waals surface area contributed by atoms with Gasteiger partial charge in [-0.05, 0) is 30.1 Å². The quantitative estimate of drug-likeness (QED) is 0.384. The molecule has 0 aliphatic heterocycles. The fourth-order valence-corrected chi connectivity index (χ4v) is 1.80. The zero-order chi connectivity index (χ0) is 16.8. The molecule has 0 radical (unpaired) electrons. The summed E-state index contributed by atoms with van der Waals surface area (Å²) in [6.07, 6.45) is 1.25. The van der Waals surface area contributed by atoms with Crippen LogP contribution in [0.1, 0.15) is 5.56 Å². The molecule has 2 aromatic rings. The Morgan fingerprint density at radius 2 is 2.04 bits per heavy atom. The van der Waals surface area contributed by atoms with E-state index in [0.717, 1.165) is 12.1 Å². The van der Waals surface area contributed by atoms with E-state index in [0.29, 0.717) is 5.56 Å². The number of hydrazone groups is 1. The van der Waals surface area contributed by atoms with Gasteiger partial charge in [-0.15, -0.1) is 0 Å². The zero-order valence-corrected chi connectivity index (χ0v) is 12.3. The Kier molecular flexibility index (Phi) is 5.15. The number of halogens is 1. The van der Waals surface area contributed by atoms with Crippen LogP contribution in [0.5, 0.6) is 5.75 Å². The number of nitro groups is 1. The maximum absolute atomic E-state index is 13.4. The average Bonchev–Trinajstić information content (AvgIpc) is 2.51. The largest absolute Gasteiger partial charge is 0.868 e. The van der Waals surface area contributed by atoms with Crippen molar-refractivity contribution in [3.8, 4) is 5.75 Å². The van der Waals surface area contributed by atoms with E-state index in [1.165, 1.54) is 24.4 Å². The van der Waals surface area contributed by atoms with Gasteiger partial charge in [-0.2, -0.15) is 5.10 Å². The van der Waals surface area contributed by atoms with E-state index in [1.807, 2.05) is 0 Å². The summed E-state index contributed by atoms with van der Waals surface area (Å²) >= 11 is 4.94. The number of para-hydroxylation sites is 1. The van der Waals surface area contributed by atoms with Gasteiger partial charge in [0.05, 0.1) is 16.8 Å². The van der Waals surface area contributed by atoms with Crippen LogP contribution in [0.3, 0.4) is 0 Å². The molecule has 7 nitrogen and oxygen atoms in total. The number of hydrogen-bond acceptors (Lipinski definition) is 5. The molecule has 9 heteroatoms. The molecular formula is C14H10FN4O3S-. The molecule has 0 unspecified atom stereocenters. The standard InChI is InChI=1S/C14H11FN4O3S/c15-10-3-1-2-4-11(10)17-14(23)18-16-8-9-5-6-13(20)12(7-9)19(21)22/h1-8,20H,(H2,17,18,23)/p-1/b16-8-. The number of rotatable bonds is 4. The van der Waals surface area contributed by atoms with Crippen LogP contribution in [0.15, 0.2) is 47.6 Å². The molecule has 0 saturated heterocycles. The van der Waals surface area contributed by atoms with Crippen LogP contribution in [0.4, 0.5) is 15.8 Å². The van der Waals surface area contributed by atoms with Crippen LogP contribution in [0.2, 0.25) is 0 Å². The Morgan fingerprint density at radius 3 is 2.74 bits per heavy atom. The monoisotopic (exact) mass is 333 g/mol. The van der Waals surface area contributed by atoms with E-state index >= 15 is 0 Å². The Hall–Kier alpha value is -3.07. The van der Waals surface area contributed by atoms with Gasteiger partial charge in [-0.25, -0.2) is 4.39 Å². The molecule has 2 rings (SSSR count). The van der Waals surface area contributed by atoms with Crippen molar-refractivity contribution in [2.75, 3.05) is 5.32 Å². The van der Waals surface area contributed by atoms with Crippen molar-refractivity contribution in [1.82, 2.24) is 5.43 Å². The lowest BCUT2D eigenvalue weighted by Gasteiger charge is -2.08. The van der Waals surface area contributed by atoms with Crippen LogP contribution in [-0.4, -0.2) is 16.3 Å². The van der Waals surface area contributed by atoms with E-state index < -0.39 is 22.2 Å². The third-order valence-electron chi connectivity index (χ3n) is 2.68. The number of nitrogens with zero attached hydrogens (tertiary/aromatic N) is 2. The molecule has 0 aliphatic rings. The number of nitrogens with one attached hydrogen (secondary N) is 2. The highest BCUT2D eigenvalue weighted by atomic mass is 32.1. The predicted octanol–water partition coefficient (Wildman–Crippen LogP) is 2.13. The molecule has 2 N–H and O–H groups in total. The van der Waals surface area contributed by atoms with E-state index in [2.05, 4.69) is 15.8 Å². The number of hydrogen-bond donors (Lipinski definition) is 2. The Labute approximate surface area is 135 Å². The molecule has 23 heavy (non-hydrogen) atoms. The molecule has 0 aromatic heterocycles. The predicted molar refractivity (Wildman–Crippen MR) is 85.9 cm³/mol. The fraction of sp³-hybridized carbons (Fsp3) is 0. The first-order chi connectivity index (χ1) is 11.0. The van der Waals surface area contributed by atoms with Crippen molar-refractivity contribution < 1.29 is 14.4 Å². The van der Waals surface area contributed by atoms with Gasteiger partial charge in [0.2, 0.25) is 0 Å². The van der Waals surface area contributed by atoms with Crippen molar-refractivity contribution in [2.24, 2.45) is 5.10 Å². The minimum absolute atomic E-state index is 0.0429. The SMILES string of the molecule is O=[N+]([O-])c1cc(/C=N\NC(=S)Nc2ccccc2F)ccc1[O-]. The fourth-order valence-electron chi connectivity index (χ4n) is 1.64. The summed E-state index contributed by atoms with van der Waals surface area (Å²) in [4.78, 5) is 9.90. The third-order valence-corrected chi connectivity index (χ3v) is 2.87. The Bertz CT molecular complexity index is 782. The highest BCUT2D eigenvalue weighted by Gasteiger charge is 2.07. The van der Waals surface area contributed by atoms with E-state index in [1.54, 1.807) is 12.1 Å². The van der Waals surface area contributed by atoms with Gasteiger partial charge in [0, 0.05) is 11.6 Å². The van der Waals surface area contributed by atoms with Crippen molar-refractivity contribution in [1.29, 1.82) is 0 Å². The first kappa shape index (κ1) is 16.3. The summed E-state index contributed by atoms with van der Waals surface area (Å²) in [7, 11) is 0. The molecule has 0 atom stereocenters. The average molecular weight is 333 g/mol. The van der Waals surface area contributed by atoms with E-state index in [-0.39, 0.29) is 10.8 Å². The van der Waals surface area contributed by atoms with Crippen molar-refractivity contribution in [2.45, 2.75) is 0 Å². The van der Waals surface area contributed by atoms with Crippen molar-refractivity contribution in [3.63, 3.8) is 0 Å². The van der Waals surface area contributed by atoms with Gasteiger partial charge >= 0.3 is 0 Å². The minimum atomic E-state index is -0.766. The minimum Gasteiger partial charge on any atom is -0.868 e. The van der Waals surface area contributed by atoms with Gasteiger partial charge in [0.1, 0.15) is 5.82 Å². The van der Waals surface area contributed by atoms with Gasteiger partial charge in [0.15, 0.2) is 5.11 Å². The second kappa shape index (κ2) is 7.27. The summed E-state index contributed by atoms with van der Waals surface area (Å²) < 4.78 is 13.4. The molecule has 2 aromatic carbocycles. The summed E-state index contributed by atoms with van der Waals surface area (Å²) in [5.74, 6) is -1.15. The van der Waals surface area contributed by atoms with Crippen LogP contribution in [0, 0.1) is 15.9 Å². The van der Waals surface area contributed by atoms with Gasteiger partial charge in [-0.3, -0.25) is 15.5 Å². The molecule has 0 bridgehead atoms. The molecule has 0 fully saturated rings. The third kappa shape index (κ3) is 4.45. The smallest absolute Gasteiger partial charge is 0.262 e. The van der Waals surface area contributed by atoms with Gasteiger partial charge in [-0.1, -0.05) is 24.3 Å². The molecule has 0 amide bonds. The van der Waals surface area contributed by atoms with Crippen LogP contribution in [0.25, 0.3) is 0 Å². The lowest BCUT2D eigenvalue weighted by molar-refractivity contribution is -0.398. The lowest BCUT2D eigenvalue weighted by Crippen LogP contribution is -2.24. The second-order valence-electron chi connectivity index (χ2n) is 4.29. The molecule has 118 valence electrons. The summed E-state index contributed by atoms with van der Waals surface area (Å²) in [6.45, 7) is 0.